The zero-order chi connectivity index (χ0) is 12.8. The Labute approximate surface area is 118 Å². The lowest BCUT2D eigenvalue weighted by molar-refractivity contribution is 0.341. The molecule has 1 heterocycles. The molecule has 18 heavy (non-hydrogen) atoms. The summed E-state index contributed by atoms with van der Waals surface area (Å²) < 4.78 is 1.18. The van der Waals surface area contributed by atoms with Crippen LogP contribution in [0.4, 0.5) is 5.69 Å². The van der Waals surface area contributed by atoms with E-state index in [1.165, 1.54) is 53.4 Å². The molecule has 3 rings (SSSR count). The highest BCUT2D eigenvalue weighted by atomic mass is 79.9. The summed E-state index contributed by atoms with van der Waals surface area (Å²) in [6.07, 6.45) is 6.16. The van der Waals surface area contributed by atoms with Gasteiger partial charge in [-0.3, -0.25) is 0 Å². The monoisotopic (exact) mass is 305 g/mol. The quantitative estimate of drug-likeness (QED) is 0.756. The molecule has 0 saturated heterocycles. The summed E-state index contributed by atoms with van der Waals surface area (Å²) in [7, 11) is 0. The molecule has 96 valence electrons. The second-order valence-electron chi connectivity index (χ2n) is 5.60. The molecule has 1 N–H and O–H groups in total. The summed E-state index contributed by atoms with van der Waals surface area (Å²) >= 11 is 3.62. The summed E-state index contributed by atoms with van der Waals surface area (Å²) in [4.78, 5) is 0. The largest absolute Gasteiger partial charge is 0.381 e. The fraction of sp³-hybridized carbons (Fsp3) is 0.500. The van der Waals surface area contributed by atoms with Crippen molar-refractivity contribution in [2.24, 2.45) is 0 Å². The van der Waals surface area contributed by atoms with E-state index in [2.05, 4.69) is 52.9 Å². The summed E-state index contributed by atoms with van der Waals surface area (Å²) in [5, 5.41) is 3.74. The van der Waals surface area contributed by atoms with E-state index in [9.17, 15) is 0 Å². The maximum absolute atomic E-state index is 4.42. The van der Waals surface area contributed by atoms with Gasteiger partial charge in [-0.05, 0) is 49.4 Å². The Morgan fingerprint density at radius 2 is 2.33 bits per heavy atom. The van der Waals surface area contributed by atoms with E-state index in [4.69, 9.17) is 0 Å². The number of benzene rings is 1. The minimum atomic E-state index is 0.187. The van der Waals surface area contributed by atoms with E-state index in [-0.39, 0.29) is 5.41 Å². The predicted octanol–water partition coefficient (Wildman–Crippen LogP) is 5.02. The second kappa shape index (κ2) is 4.41. The van der Waals surface area contributed by atoms with E-state index >= 15 is 0 Å². The van der Waals surface area contributed by atoms with Gasteiger partial charge in [0.15, 0.2) is 0 Å². The average molecular weight is 306 g/mol. The zero-order valence-corrected chi connectivity index (χ0v) is 12.5. The molecule has 0 radical (unpaired) electrons. The molecule has 1 aromatic rings. The molecule has 0 unspecified atom stereocenters. The Balaban J connectivity index is 2.17. The van der Waals surface area contributed by atoms with Crippen LogP contribution in [0.3, 0.4) is 0 Å². The maximum Gasteiger partial charge on any atom is 0.0396 e. The van der Waals surface area contributed by atoms with Crippen LogP contribution >= 0.6 is 15.9 Å². The molecule has 0 amide bonds. The van der Waals surface area contributed by atoms with Crippen LogP contribution in [-0.2, 0) is 5.41 Å². The fourth-order valence-electron chi connectivity index (χ4n) is 3.89. The molecule has 1 aliphatic carbocycles. The first kappa shape index (κ1) is 12.3. The third kappa shape index (κ3) is 1.58. The van der Waals surface area contributed by atoms with Crippen molar-refractivity contribution in [3.8, 4) is 0 Å². The third-order valence-electron chi connectivity index (χ3n) is 4.63. The van der Waals surface area contributed by atoms with Crippen LogP contribution < -0.4 is 5.32 Å². The average Bonchev–Trinajstić information content (AvgIpc) is 2.66. The lowest BCUT2D eigenvalue weighted by atomic mass is 9.63. The minimum Gasteiger partial charge on any atom is -0.381 e. The first-order valence-corrected chi connectivity index (χ1v) is 7.72. The number of hydrogen-bond donors (Lipinski definition) is 1. The molecule has 2 heteroatoms. The predicted molar refractivity (Wildman–Crippen MR) is 81.1 cm³/mol. The van der Waals surface area contributed by atoms with E-state index in [0.29, 0.717) is 6.04 Å². The molecule has 0 aromatic heterocycles. The van der Waals surface area contributed by atoms with Crippen molar-refractivity contribution in [1.29, 1.82) is 0 Å². The molecule has 1 aromatic carbocycles. The highest BCUT2D eigenvalue weighted by Crippen LogP contribution is 2.54. The van der Waals surface area contributed by atoms with Crippen molar-refractivity contribution in [2.75, 3.05) is 5.32 Å². The Kier molecular flexibility index (Phi) is 3.01. The molecule has 0 bridgehead atoms. The standard InChI is InChI=1S/C16H20BrN/c1-3-9-16-11(2)5-4-6-15(16)18-14-8-7-12(17)10-13(14)16/h7-8,10,15,18H,2-6,9H2,1H3/t15-,16-/m1/s1. The van der Waals surface area contributed by atoms with E-state index in [1.807, 2.05) is 0 Å². The zero-order valence-electron chi connectivity index (χ0n) is 10.9. The van der Waals surface area contributed by atoms with Crippen LogP contribution in [0, 0.1) is 0 Å². The van der Waals surface area contributed by atoms with Crippen LogP contribution in [0.25, 0.3) is 0 Å². The van der Waals surface area contributed by atoms with Gasteiger partial charge in [0, 0.05) is 21.6 Å². The van der Waals surface area contributed by atoms with E-state index in [1.54, 1.807) is 0 Å². The molecule has 1 fully saturated rings. The van der Waals surface area contributed by atoms with Crippen LogP contribution in [0.5, 0.6) is 0 Å². The molecular weight excluding hydrogens is 286 g/mol. The topological polar surface area (TPSA) is 12.0 Å². The van der Waals surface area contributed by atoms with Gasteiger partial charge in [-0.25, -0.2) is 0 Å². The van der Waals surface area contributed by atoms with Gasteiger partial charge in [0.25, 0.3) is 0 Å². The molecule has 1 saturated carbocycles. The van der Waals surface area contributed by atoms with Crippen molar-refractivity contribution in [3.05, 3.63) is 40.4 Å². The Morgan fingerprint density at radius 1 is 1.50 bits per heavy atom. The Bertz CT molecular complexity index is 494. The molecule has 1 aliphatic heterocycles. The van der Waals surface area contributed by atoms with Gasteiger partial charge in [0.1, 0.15) is 0 Å². The van der Waals surface area contributed by atoms with Crippen LogP contribution in [-0.4, -0.2) is 6.04 Å². The summed E-state index contributed by atoms with van der Waals surface area (Å²) in [6, 6.07) is 7.20. The number of anilines is 1. The molecule has 0 spiro atoms. The van der Waals surface area contributed by atoms with Gasteiger partial charge >= 0.3 is 0 Å². The van der Waals surface area contributed by atoms with Crippen LogP contribution in [0.2, 0.25) is 0 Å². The normalized spacial score (nSPS) is 29.7. The SMILES string of the molecule is C=C1CCC[C@H]2Nc3ccc(Br)cc3[C@@]12CCC. The number of halogens is 1. The molecular formula is C16H20BrN. The smallest absolute Gasteiger partial charge is 0.0396 e. The Hall–Kier alpha value is -0.760. The number of hydrogen-bond acceptors (Lipinski definition) is 1. The maximum atomic E-state index is 4.42. The first-order valence-electron chi connectivity index (χ1n) is 6.93. The number of nitrogens with one attached hydrogen (secondary N) is 1. The minimum absolute atomic E-state index is 0.187. The second-order valence-corrected chi connectivity index (χ2v) is 6.52. The number of rotatable bonds is 2. The lowest BCUT2D eigenvalue weighted by Crippen LogP contribution is -2.43. The van der Waals surface area contributed by atoms with Gasteiger partial charge in [0.2, 0.25) is 0 Å². The summed E-state index contributed by atoms with van der Waals surface area (Å²) in [5.74, 6) is 0. The summed E-state index contributed by atoms with van der Waals surface area (Å²) in [5.41, 5.74) is 4.41. The lowest BCUT2D eigenvalue weighted by Gasteiger charge is -2.41. The summed E-state index contributed by atoms with van der Waals surface area (Å²) in [6.45, 7) is 6.70. The molecule has 2 atom stereocenters. The van der Waals surface area contributed by atoms with Crippen molar-refractivity contribution in [1.82, 2.24) is 0 Å². The first-order chi connectivity index (χ1) is 8.68. The van der Waals surface area contributed by atoms with Crippen molar-refractivity contribution in [3.63, 3.8) is 0 Å². The van der Waals surface area contributed by atoms with Gasteiger partial charge in [-0.1, -0.05) is 41.4 Å². The fourth-order valence-corrected chi connectivity index (χ4v) is 4.25. The molecule has 2 aliphatic rings. The van der Waals surface area contributed by atoms with Crippen LogP contribution in [0.1, 0.15) is 44.6 Å². The van der Waals surface area contributed by atoms with Gasteiger partial charge < -0.3 is 5.32 Å². The van der Waals surface area contributed by atoms with Gasteiger partial charge in [-0.15, -0.1) is 0 Å². The van der Waals surface area contributed by atoms with Gasteiger partial charge in [-0.2, -0.15) is 0 Å². The highest BCUT2D eigenvalue weighted by Gasteiger charge is 2.49. The van der Waals surface area contributed by atoms with Crippen molar-refractivity contribution >= 4 is 21.6 Å². The third-order valence-corrected chi connectivity index (χ3v) is 5.13. The van der Waals surface area contributed by atoms with Crippen LogP contribution in [0.15, 0.2) is 34.8 Å². The van der Waals surface area contributed by atoms with Gasteiger partial charge in [0.05, 0.1) is 0 Å². The molecule has 1 nitrogen and oxygen atoms in total. The van der Waals surface area contributed by atoms with Crippen molar-refractivity contribution < 1.29 is 0 Å². The van der Waals surface area contributed by atoms with Crippen molar-refractivity contribution in [2.45, 2.75) is 50.5 Å². The Morgan fingerprint density at radius 3 is 3.11 bits per heavy atom. The van der Waals surface area contributed by atoms with E-state index < -0.39 is 0 Å². The number of fused-ring (bicyclic) bond motifs is 3. The highest BCUT2D eigenvalue weighted by molar-refractivity contribution is 9.10. The van der Waals surface area contributed by atoms with E-state index in [0.717, 1.165) is 0 Å².